The molecule has 0 spiro atoms. The average molecular weight is 457 g/mol. The van der Waals surface area contributed by atoms with Crippen molar-refractivity contribution >= 4 is 0 Å². The minimum Gasteiger partial charge on any atom is -0.461 e. The van der Waals surface area contributed by atoms with Gasteiger partial charge >= 0.3 is 0 Å². The third-order valence-corrected chi connectivity index (χ3v) is 6.83. The molecule has 4 aliphatic rings. The van der Waals surface area contributed by atoms with Crippen LogP contribution in [0.15, 0.2) is 40.8 Å². The zero-order chi connectivity index (χ0) is 22.8. The van der Waals surface area contributed by atoms with Gasteiger partial charge in [0.15, 0.2) is 17.9 Å². The molecular weight excluding hydrogens is 424 g/mol. The van der Waals surface area contributed by atoms with Crippen molar-refractivity contribution in [1.82, 2.24) is 0 Å². The minimum atomic E-state index is -0.728. The molecule has 0 radical (unpaired) electrons. The summed E-state index contributed by atoms with van der Waals surface area (Å²) in [5.41, 5.74) is 2.21. The lowest BCUT2D eigenvalue weighted by Gasteiger charge is -2.37. The lowest BCUT2D eigenvalue weighted by atomic mass is 9.94. The van der Waals surface area contributed by atoms with Crippen LogP contribution in [0.5, 0.6) is 0 Å². The van der Waals surface area contributed by atoms with Gasteiger partial charge in [0.1, 0.15) is 35.9 Å². The first-order valence-corrected chi connectivity index (χ1v) is 11.9. The van der Waals surface area contributed by atoms with E-state index in [0.29, 0.717) is 6.61 Å². The van der Waals surface area contributed by atoms with E-state index >= 15 is 0 Å². The van der Waals surface area contributed by atoms with E-state index in [2.05, 4.69) is 18.2 Å². The standard InChI is InChI=1S/C26H32O7/c1-25(2)30-21-20(29-24-23(22(21)31-25)32-26(3,4)33-24)14-27-17-11-8-12-18-16(17)13-19(28-18)15-9-6-5-7-10-15/h5-7,9-10,13,17,20-24H,8,11-12,14H2,1-4H3/t17?,20-,21+,22+,23-,24-/m1/s1. The fourth-order valence-corrected chi connectivity index (χ4v) is 5.47. The summed E-state index contributed by atoms with van der Waals surface area (Å²) in [5, 5.41) is 0. The SMILES string of the molecule is CC1(C)O[C@H]2[C@@H](O1)[C@@H](COC1CCCc3oc(-c4ccccc4)cc31)O[C@@H]1OC(C)(C)O[C@@H]12. The van der Waals surface area contributed by atoms with Gasteiger partial charge in [-0.15, -0.1) is 0 Å². The van der Waals surface area contributed by atoms with Gasteiger partial charge in [-0.1, -0.05) is 30.3 Å². The van der Waals surface area contributed by atoms with Crippen LogP contribution >= 0.6 is 0 Å². The molecule has 7 heteroatoms. The van der Waals surface area contributed by atoms with E-state index in [0.717, 1.165) is 41.9 Å². The first-order chi connectivity index (χ1) is 15.8. The second-order valence-corrected chi connectivity index (χ2v) is 10.3. The van der Waals surface area contributed by atoms with Gasteiger partial charge in [0.05, 0.1) is 12.7 Å². The van der Waals surface area contributed by atoms with Gasteiger partial charge in [-0.25, -0.2) is 0 Å². The molecule has 178 valence electrons. The van der Waals surface area contributed by atoms with Crippen LogP contribution in [-0.2, 0) is 34.8 Å². The van der Waals surface area contributed by atoms with E-state index in [9.17, 15) is 0 Å². The minimum absolute atomic E-state index is 0.0396. The maximum absolute atomic E-state index is 6.46. The van der Waals surface area contributed by atoms with Crippen molar-refractivity contribution in [3.05, 3.63) is 47.7 Å². The summed E-state index contributed by atoms with van der Waals surface area (Å²) in [7, 11) is 0. The Bertz CT molecular complexity index is 997. The summed E-state index contributed by atoms with van der Waals surface area (Å²) in [4.78, 5) is 0. The van der Waals surface area contributed by atoms with Gasteiger partial charge < -0.3 is 32.8 Å². The van der Waals surface area contributed by atoms with Crippen molar-refractivity contribution in [2.75, 3.05) is 6.61 Å². The topological polar surface area (TPSA) is 68.5 Å². The highest BCUT2D eigenvalue weighted by molar-refractivity contribution is 5.59. The highest BCUT2D eigenvalue weighted by Gasteiger charge is 2.60. The Morgan fingerprint density at radius 1 is 0.909 bits per heavy atom. The normalized spacial score (nSPS) is 36.2. The first kappa shape index (κ1) is 21.8. The number of fused-ring (bicyclic) bond motifs is 4. The Hall–Kier alpha value is -1.74. The third-order valence-electron chi connectivity index (χ3n) is 6.83. The predicted molar refractivity (Wildman–Crippen MR) is 118 cm³/mol. The Kier molecular flexibility index (Phi) is 5.21. The highest BCUT2D eigenvalue weighted by atomic mass is 16.9. The van der Waals surface area contributed by atoms with E-state index in [1.54, 1.807) is 0 Å². The molecule has 0 bridgehead atoms. The van der Waals surface area contributed by atoms with E-state index in [1.165, 1.54) is 0 Å². The third kappa shape index (κ3) is 4.05. The van der Waals surface area contributed by atoms with E-state index in [-0.39, 0.29) is 30.5 Å². The van der Waals surface area contributed by atoms with Gasteiger partial charge in [-0.2, -0.15) is 0 Å². The quantitative estimate of drug-likeness (QED) is 0.658. The molecule has 1 unspecified atom stereocenters. The van der Waals surface area contributed by atoms with Crippen molar-refractivity contribution in [2.24, 2.45) is 0 Å². The second-order valence-electron chi connectivity index (χ2n) is 10.3. The number of furan rings is 1. The lowest BCUT2D eigenvalue weighted by Crippen LogP contribution is -2.56. The Morgan fingerprint density at radius 2 is 1.64 bits per heavy atom. The zero-order valence-electron chi connectivity index (χ0n) is 19.6. The van der Waals surface area contributed by atoms with Crippen molar-refractivity contribution in [3.63, 3.8) is 0 Å². The Balaban J connectivity index is 1.20. The van der Waals surface area contributed by atoms with Crippen LogP contribution in [0.1, 0.15) is 58.0 Å². The van der Waals surface area contributed by atoms with E-state index in [1.807, 2.05) is 45.9 Å². The maximum Gasteiger partial charge on any atom is 0.190 e. The fraction of sp³-hybridized carbons (Fsp3) is 0.615. The molecule has 2 aromatic rings. The van der Waals surface area contributed by atoms with Crippen LogP contribution in [0.4, 0.5) is 0 Å². The number of aryl methyl sites for hydroxylation is 1. The molecular formula is C26H32O7. The molecule has 1 aromatic carbocycles. The number of hydrogen-bond acceptors (Lipinski definition) is 7. The maximum atomic E-state index is 6.46. The largest absolute Gasteiger partial charge is 0.461 e. The number of rotatable bonds is 4. The van der Waals surface area contributed by atoms with Crippen LogP contribution < -0.4 is 0 Å². The summed E-state index contributed by atoms with van der Waals surface area (Å²) in [6, 6.07) is 12.3. The van der Waals surface area contributed by atoms with Crippen LogP contribution in [0.3, 0.4) is 0 Å². The Labute approximate surface area is 194 Å². The molecule has 3 aliphatic heterocycles. The Morgan fingerprint density at radius 3 is 2.45 bits per heavy atom. The molecule has 6 rings (SSSR count). The average Bonchev–Trinajstić information content (AvgIpc) is 3.44. The van der Waals surface area contributed by atoms with Crippen LogP contribution in [0.2, 0.25) is 0 Å². The molecule has 6 atom stereocenters. The number of benzene rings is 1. The molecule has 4 heterocycles. The highest BCUT2D eigenvalue weighted by Crippen LogP contribution is 2.45. The van der Waals surface area contributed by atoms with E-state index < -0.39 is 17.9 Å². The van der Waals surface area contributed by atoms with Gasteiger partial charge in [-0.05, 0) is 46.6 Å². The van der Waals surface area contributed by atoms with Crippen LogP contribution in [0, 0.1) is 0 Å². The second kappa shape index (κ2) is 7.90. The molecule has 3 saturated heterocycles. The molecule has 0 N–H and O–H groups in total. The van der Waals surface area contributed by atoms with Gasteiger partial charge in [0.25, 0.3) is 0 Å². The van der Waals surface area contributed by atoms with Crippen molar-refractivity contribution in [2.45, 2.75) is 95.3 Å². The zero-order valence-corrected chi connectivity index (χ0v) is 19.6. The van der Waals surface area contributed by atoms with Crippen molar-refractivity contribution in [3.8, 4) is 11.3 Å². The summed E-state index contributed by atoms with van der Waals surface area (Å²) in [6.07, 6.45) is 1.16. The monoisotopic (exact) mass is 456 g/mol. The fourth-order valence-electron chi connectivity index (χ4n) is 5.47. The predicted octanol–water partition coefficient (Wildman–Crippen LogP) is 4.74. The van der Waals surface area contributed by atoms with E-state index in [4.69, 9.17) is 32.8 Å². The molecule has 3 fully saturated rings. The van der Waals surface area contributed by atoms with Crippen LogP contribution in [0.25, 0.3) is 11.3 Å². The number of ether oxygens (including phenoxy) is 6. The summed E-state index contributed by atoms with van der Waals surface area (Å²) < 4.78 is 43.5. The molecule has 7 nitrogen and oxygen atoms in total. The van der Waals surface area contributed by atoms with Crippen LogP contribution in [-0.4, -0.2) is 48.9 Å². The molecule has 0 saturated carbocycles. The van der Waals surface area contributed by atoms with Crippen molar-refractivity contribution in [1.29, 1.82) is 0 Å². The molecule has 0 amide bonds. The first-order valence-electron chi connectivity index (χ1n) is 11.9. The summed E-state index contributed by atoms with van der Waals surface area (Å²) in [6.45, 7) is 8.00. The molecule has 1 aliphatic carbocycles. The molecule has 33 heavy (non-hydrogen) atoms. The lowest BCUT2D eigenvalue weighted by molar-refractivity contribution is -0.246. The van der Waals surface area contributed by atoms with Gasteiger partial charge in [0, 0.05) is 17.5 Å². The van der Waals surface area contributed by atoms with Gasteiger partial charge in [-0.3, -0.25) is 0 Å². The summed E-state index contributed by atoms with van der Waals surface area (Å²) in [5.74, 6) is 0.466. The molecule has 1 aromatic heterocycles. The summed E-state index contributed by atoms with van der Waals surface area (Å²) >= 11 is 0. The smallest absolute Gasteiger partial charge is 0.190 e. The van der Waals surface area contributed by atoms with Crippen molar-refractivity contribution < 1.29 is 32.8 Å². The number of hydrogen-bond donors (Lipinski definition) is 0. The van der Waals surface area contributed by atoms with Gasteiger partial charge in [0.2, 0.25) is 0 Å².